The molecular formula is C24H41NO3. The predicted molar refractivity (Wildman–Crippen MR) is 119 cm³/mol. The number of hydrogen-bond donors (Lipinski definition) is 2. The van der Waals surface area contributed by atoms with E-state index in [1.165, 1.54) is 89.7 Å². The SMILES string of the molecule is CCCCCCCCCCCCCCCCC=Cn1cc(O)c(=O)c(O)c1C. The molecule has 28 heavy (non-hydrogen) atoms. The van der Waals surface area contributed by atoms with Crippen molar-refractivity contribution >= 4 is 6.20 Å². The standard InChI is InChI=1S/C24H41NO3/c1-3-4-5-6-7-8-9-10-11-12-13-14-15-16-17-18-19-25-20-22(26)24(28)23(27)21(25)2/h18-20,26-27H,3-17H2,1-2H3. The van der Waals surface area contributed by atoms with E-state index in [1.54, 1.807) is 17.7 Å². The number of aromatic hydroxyl groups is 2. The zero-order chi connectivity index (χ0) is 20.6. The summed E-state index contributed by atoms with van der Waals surface area (Å²) in [7, 11) is 0. The fraction of sp³-hybridized carbons (Fsp3) is 0.708. The predicted octanol–water partition coefficient (Wildman–Crippen LogP) is 6.91. The van der Waals surface area contributed by atoms with Crippen molar-refractivity contribution in [2.75, 3.05) is 0 Å². The summed E-state index contributed by atoms with van der Waals surface area (Å²) in [6, 6.07) is 0. The molecule has 2 N–H and O–H groups in total. The van der Waals surface area contributed by atoms with E-state index in [4.69, 9.17) is 0 Å². The summed E-state index contributed by atoms with van der Waals surface area (Å²) in [5, 5.41) is 19.2. The summed E-state index contributed by atoms with van der Waals surface area (Å²) >= 11 is 0. The molecule has 4 heteroatoms. The lowest BCUT2D eigenvalue weighted by molar-refractivity contribution is 0.430. The van der Waals surface area contributed by atoms with Crippen LogP contribution in [0.4, 0.5) is 0 Å². The molecule has 0 unspecified atom stereocenters. The Morgan fingerprint density at radius 2 is 1.29 bits per heavy atom. The van der Waals surface area contributed by atoms with Gasteiger partial charge in [-0.15, -0.1) is 0 Å². The molecule has 1 aromatic heterocycles. The van der Waals surface area contributed by atoms with Gasteiger partial charge in [0.05, 0.1) is 11.9 Å². The molecule has 0 radical (unpaired) electrons. The van der Waals surface area contributed by atoms with Gasteiger partial charge in [0.15, 0.2) is 11.5 Å². The van der Waals surface area contributed by atoms with Crippen LogP contribution in [0.25, 0.3) is 6.20 Å². The monoisotopic (exact) mass is 391 g/mol. The summed E-state index contributed by atoms with van der Waals surface area (Å²) in [5.41, 5.74) is -0.269. The molecule has 0 atom stereocenters. The van der Waals surface area contributed by atoms with E-state index >= 15 is 0 Å². The van der Waals surface area contributed by atoms with Crippen molar-refractivity contribution in [3.8, 4) is 11.5 Å². The molecule has 0 aliphatic carbocycles. The number of hydrogen-bond acceptors (Lipinski definition) is 3. The van der Waals surface area contributed by atoms with Gasteiger partial charge in [0.2, 0.25) is 0 Å². The first-order chi connectivity index (χ1) is 13.6. The Hall–Kier alpha value is -1.71. The van der Waals surface area contributed by atoms with Crippen LogP contribution < -0.4 is 5.43 Å². The first-order valence-corrected chi connectivity index (χ1v) is 11.4. The van der Waals surface area contributed by atoms with E-state index in [2.05, 4.69) is 6.92 Å². The Labute approximate surface area is 171 Å². The van der Waals surface area contributed by atoms with Crippen LogP contribution >= 0.6 is 0 Å². The van der Waals surface area contributed by atoms with Gasteiger partial charge in [-0.05, 0) is 19.8 Å². The van der Waals surface area contributed by atoms with Crippen LogP contribution in [0, 0.1) is 6.92 Å². The van der Waals surface area contributed by atoms with Gasteiger partial charge < -0.3 is 14.8 Å². The molecular weight excluding hydrogens is 350 g/mol. The van der Waals surface area contributed by atoms with Gasteiger partial charge in [0, 0.05) is 6.20 Å². The number of rotatable bonds is 16. The molecule has 1 heterocycles. The molecule has 0 amide bonds. The van der Waals surface area contributed by atoms with Crippen LogP contribution in [0.15, 0.2) is 17.1 Å². The zero-order valence-electron chi connectivity index (χ0n) is 18.1. The Bertz CT molecular complexity index is 619. The van der Waals surface area contributed by atoms with Crippen molar-refractivity contribution in [2.24, 2.45) is 0 Å². The fourth-order valence-electron chi connectivity index (χ4n) is 3.49. The number of allylic oxidation sites excluding steroid dienone is 1. The van der Waals surface area contributed by atoms with Crippen molar-refractivity contribution in [3.63, 3.8) is 0 Å². The Morgan fingerprint density at radius 1 is 0.821 bits per heavy atom. The Kier molecular flexibility index (Phi) is 13.2. The van der Waals surface area contributed by atoms with Crippen LogP contribution in [0.2, 0.25) is 0 Å². The number of aromatic nitrogens is 1. The minimum atomic E-state index is -0.714. The van der Waals surface area contributed by atoms with E-state index < -0.39 is 11.2 Å². The van der Waals surface area contributed by atoms with Gasteiger partial charge in [-0.1, -0.05) is 96.5 Å². The van der Waals surface area contributed by atoms with Gasteiger partial charge in [0.25, 0.3) is 5.43 Å². The first-order valence-electron chi connectivity index (χ1n) is 11.4. The van der Waals surface area contributed by atoms with Crippen molar-refractivity contribution in [3.05, 3.63) is 28.2 Å². The molecule has 0 aliphatic rings. The molecule has 0 aliphatic heterocycles. The van der Waals surface area contributed by atoms with Crippen LogP contribution in [0.5, 0.6) is 11.5 Å². The van der Waals surface area contributed by atoms with Crippen molar-refractivity contribution < 1.29 is 10.2 Å². The number of unbranched alkanes of at least 4 members (excludes halogenated alkanes) is 14. The largest absolute Gasteiger partial charge is 0.503 e. The van der Waals surface area contributed by atoms with Gasteiger partial charge in [-0.3, -0.25) is 4.79 Å². The van der Waals surface area contributed by atoms with Gasteiger partial charge >= 0.3 is 0 Å². The highest BCUT2D eigenvalue weighted by atomic mass is 16.3. The normalized spacial score (nSPS) is 11.5. The Morgan fingerprint density at radius 3 is 1.79 bits per heavy atom. The molecule has 0 aromatic carbocycles. The average molecular weight is 392 g/mol. The van der Waals surface area contributed by atoms with Crippen molar-refractivity contribution in [1.82, 2.24) is 4.57 Å². The third-order valence-corrected chi connectivity index (χ3v) is 5.43. The maximum Gasteiger partial charge on any atom is 0.264 e. The highest BCUT2D eigenvalue weighted by Gasteiger charge is 2.08. The average Bonchev–Trinajstić information content (AvgIpc) is 2.69. The third-order valence-electron chi connectivity index (χ3n) is 5.43. The van der Waals surface area contributed by atoms with Gasteiger partial charge in [-0.25, -0.2) is 0 Å². The van der Waals surface area contributed by atoms with E-state index in [0.717, 1.165) is 12.8 Å². The summed E-state index contributed by atoms with van der Waals surface area (Å²) in [6.45, 7) is 3.93. The minimum absolute atomic E-state index is 0.388. The summed E-state index contributed by atoms with van der Waals surface area (Å²) in [4.78, 5) is 11.4. The van der Waals surface area contributed by atoms with Gasteiger partial charge in [-0.2, -0.15) is 0 Å². The second-order valence-electron chi connectivity index (χ2n) is 7.95. The van der Waals surface area contributed by atoms with E-state index in [1.807, 2.05) is 6.08 Å². The van der Waals surface area contributed by atoms with E-state index in [9.17, 15) is 15.0 Å². The van der Waals surface area contributed by atoms with Crippen LogP contribution in [0.1, 0.15) is 109 Å². The van der Waals surface area contributed by atoms with E-state index in [0.29, 0.717) is 5.69 Å². The summed E-state index contributed by atoms with van der Waals surface area (Å²) in [5.74, 6) is -0.814. The quantitative estimate of drug-likeness (QED) is 0.301. The fourth-order valence-corrected chi connectivity index (χ4v) is 3.49. The topological polar surface area (TPSA) is 62.5 Å². The number of pyridine rings is 1. The molecule has 1 aromatic rings. The molecule has 0 spiro atoms. The van der Waals surface area contributed by atoms with Gasteiger partial charge in [0.1, 0.15) is 0 Å². The second-order valence-corrected chi connectivity index (χ2v) is 7.95. The highest BCUT2D eigenvalue weighted by molar-refractivity contribution is 5.39. The summed E-state index contributed by atoms with van der Waals surface area (Å²) in [6.07, 6.45) is 25.1. The molecule has 160 valence electrons. The summed E-state index contributed by atoms with van der Waals surface area (Å²) < 4.78 is 1.59. The minimum Gasteiger partial charge on any atom is -0.503 e. The highest BCUT2D eigenvalue weighted by Crippen LogP contribution is 2.16. The molecule has 0 saturated heterocycles. The maximum atomic E-state index is 11.4. The molecule has 4 nitrogen and oxygen atoms in total. The molecule has 1 rings (SSSR count). The smallest absolute Gasteiger partial charge is 0.264 e. The lowest BCUT2D eigenvalue weighted by Gasteiger charge is -2.07. The van der Waals surface area contributed by atoms with Crippen LogP contribution in [-0.2, 0) is 0 Å². The van der Waals surface area contributed by atoms with Crippen molar-refractivity contribution in [2.45, 2.75) is 110 Å². The zero-order valence-corrected chi connectivity index (χ0v) is 18.1. The lowest BCUT2D eigenvalue weighted by Crippen LogP contribution is -2.07. The van der Waals surface area contributed by atoms with Crippen LogP contribution in [0.3, 0.4) is 0 Å². The Balaban J connectivity index is 1.98. The second kappa shape index (κ2) is 15.2. The third kappa shape index (κ3) is 10.0. The van der Waals surface area contributed by atoms with E-state index in [-0.39, 0.29) is 5.75 Å². The number of nitrogens with zero attached hydrogens (tertiary/aromatic N) is 1. The molecule has 0 bridgehead atoms. The lowest BCUT2D eigenvalue weighted by atomic mass is 10.0. The maximum absolute atomic E-state index is 11.4. The molecule has 0 saturated carbocycles. The first kappa shape index (κ1) is 24.3. The van der Waals surface area contributed by atoms with Crippen LogP contribution in [-0.4, -0.2) is 14.8 Å². The molecule has 0 fully saturated rings. The van der Waals surface area contributed by atoms with Crippen molar-refractivity contribution in [1.29, 1.82) is 0 Å².